The molecule has 742 valence electrons. The first-order valence-corrected chi connectivity index (χ1v) is 49.7. The molecule has 0 atom stereocenters. The van der Waals surface area contributed by atoms with Crippen molar-refractivity contribution < 1.29 is 24.0 Å². The molecule has 0 radical (unpaired) electrons. The minimum atomic E-state index is -0.263. The summed E-state index contributed by atoms with van der Waals surface area (Å²) in [5, 5.41) is 45.5. The van der Waals surface area contributed by atoms with Crippen LogP contribution >= 0.6 is 0 Å². The van der Waals surface area contributed by atoms with E-state index in [0.29, 0.717) is 171 Å². The SMILES string of the molecule is CN1Cc2nc3ccccn3c2-c2cnc3c(n2)C(=NC3)c2cn(nc2C2CC2)CCCC1=O.Cc1nn2cc1C1=NCc3ncc(nc31)-c1c(nc3ncccn13)C(=O)NCCC2.Cc1nn2cc1C1=NCc3ncc(nc31)-c1cn(C)nc1C(=O)N(C)CCC2.Cc1nn2cc1C1=NCc3ncc(nc31)-c1cn(C)nc1C(=O)NCCC2.Cn1cc2c(n1)C(=O)NCCCn1cc(c(C3CC3)n1)C1=NCc3ncc-2nc31. The van der Waals surface area contributed by atoms with Gasteiger partial charge in [0.05, 0.1) is 201 Å². The Labute approximate surface area is 843 Å². The van der Waals surface area contributed by atoms with Crippen LogP contribution in [0.1, 0.15) is 237 Å². The molecule has 29 rings (SSSR count). The molecule has 0 spiro atoms. The van der Waals surface area contributed by atoms with Gasteiger partial charge in [-0.15, -0.1) is 0 Å². The number of carbonyl (C=O) groups is 5. The molecule has 46 heteroatoms. The molecule has 2 fully saturated rings. The summed E-state index contributed by atoms with van der Waals surface area (Å²) < 4.78 is 18.4. The number of fused-ring (bicyclic) bond motifs is 34. The molecule has 17 aromatic heterocycles. The maximum Gasteiger partial charge on any atom is 0.274 e. The standard InChI is InChI=1S/C25H24N8O.C20H17N9O.C20H20N8O.C19H20N8O.C18H18N8O/c1-31-14-19-25(33-10-3-2-5-20(33)28-19)18-12-26-17-11-27-23(24(17)29-18)16-13-32(9-4-6-21(31)34)30-22(16)15-7-8-15;1-11-12-10-28(27-11)6-2-4-21-19(30)17-18(29-7-3-5-22-20(29)26-17)14-9-23-13-8-24-15(12)16(13)25-14;1-27-9-12-14-7-22-15-8-23-17(19(15)24-14)13-10-28(26-16(13)11-3-4-11)6-2-5-21-20(29)18(12)25-27;1-11-12-10-27(23-11)6-4-5-25(2)19(28)17-13(9-26(3)24-17)14-7-20-15-8-21-16(12)18(15)22-14;1-10-11-9-26(23-10)5-3-4-19-18(27)16-12(8-25(2)24-16)13-6-20-14-7-21-15(11)17(14)22-13/h2-3,5,10,12-13,15H,4,6-9,11,14H2,1H3;3,5,7,9-10H,2,4,6,8H2,1H3,(H,21,30);7,9-11H,2-6,8H2,1H3,(H,21,29);7,9-10H,4-6,8H2,1-3H3;6,8-9H,3-5,7H2,1-2H3,(H,19,27). The molecule has 10 aliphatic heterocycles. The summed E-state index contributed by atoms with van der Waals surface area (Å²) in [6.45, 7) is 14.6. The molecule has 0 unspecified atom stereocenters. The third kappa shape index (κ3) is 17.0. The molecule has 148 heavy (non-hydrogen) atoms. The van der Waals surface area contributed by atoms with E-state index in [4.69, 9.17) is 55.1 Å². The Morgan fingerprint density at radius 1 is 0.324 bits per heavy atom. The second-order valence-electron chi connectivity index (χ2n) is 38.6. The lowest BCUT2D eigenvalue weighted by atomic mass is 10.0. The van der Waals surface area contributed by atoms with Crippen LogP contribution in [0.3, 0.4) is 0 Å². The van der Waals surface area contributed by atoms with Crippen LogP contribution in [0.15, 0.2) is 148 Å². The van der Waals surface area contributed by atoms with Gasteiger partial charge < -0.3 is 25.8 Å². The fourth-order valence-electron chi connectivity index (χ4n) is 20.3. The summed E-state index contributed by atoms with van der Waals surface area (Å²) in [6, 6.07) is 7.71. The first-order valence-electron chi connectivity index (χ1n) is 49.7. The molecule has 20 bridgehead atoms. The van der Waals surface area contributed by atoms with Gasteiger partial charge in [-0.2, -0.15) is 40.8 Å². The van der Waals surface area contributed by atoms with Crippen LogP contribution in [0.5, 0.6) is 0 Å². The number of imidazole rings is 2. The highest BCUT2D eigenvalue weighted by Crippen LogP contribution is 2.45. The highest BCUT2D eigenvalue weighted by atomic mass is 16.2. The van der Waals surface area contributed by atoms with Crippen LogP contribution in [0.25, 0.3) is 68.0 Å². The van der Waals surface area contributed by atoms with Crippen molar-refractivity contribution in [3.8, 4) is 56.5 Å². The van der Waals surface area contributed by atoms with E-state index in [-0.39, 0.29) is 35.2 Å². The Kier molecular flexibility index (Phi) is 22.9. The lowest BCUT2D eigenvalue weighted by molar-refractivity contribution is -0.130. The predicted octanol–water partition coefficient (Wildman–Crippen LogP) is 7.65. The molecule has 0 aromatic carbocycles. The minimum Gasteiger partial charge on any atom is -0.351 e. The number of hydrogen-bond donors (Lipinski definition) is 3. The van der Waals surface area contributed by atoms with Crippen LogP contribution in [0.4, 0.5) is 0 Å². The van der Waals surface area contributed by atoms with E-state index in [2.05, 4.69) is 104 Å². The molecule has 0 saturated heterocycles. The molecule has 3 N–H and O–H groups in total. The number of pyridine rings is 1. The summed E-state index contributed by atoms with van der Waals surface area (Å²) >= 11 is 0. The predicted molar refractivity (Wildman–Crippen MR) is 537 cm³/mol. The first-order chi connectivity index (χ1) is 72.1. The van der Waals surface area contributed by atoms with E-state index in [0.717, 1.165) is 223 Å². The lowest BCUT2D eigenvalue weighted by Crippen LogP contribution is -2.29. The lowest BCUT2D eigenvalue weighted by Gasteiger charge is -2.17. The number of rotatable bonds is 2. The Morgan fingerprint density at radius 3 is 1.17 bits per heavy atom. The average Bonchev–Trinajstić information content (AvgIpc) is 1.60. The number of carbonyl (C=O) groups excluding carboxylic acids is 5. The van der Waals surface area contributed by atoms with Gasteiger partial charge in [-0.25, -0.2) is 39.9 Å². The van der Waals surface area contributed by atoms with Gasteiger partial charge in [0, 0.05) is 208 Å². The molecule has 2 saturated carbocycles. The van der Waals surface area contributed by atoms with Gasteiger partial charge in [0.15, 0.2) is 22.8 Å². The topological polar surface area (TPSA) is 509 Å². The van der Waals surface area contributed by atoms with Crippen molar-refractivity contribution in [3.63, 3.8) is 0 Å². The molecule has 12 aliphatic rings. The molecule has 27 heterocycles. The van der Waals surface area contributed by atoms with Crippen LogP contribution < -0.4 is 16.0 Å². The quantitative estimate of drug-likeness (QED) is 0.149. The molecular formula is C102H99N41O5. The fourth-order valence-corrected chi connectivity index (χ4v) is 20.3. The number of aliphatic imine (C=N–C) groups is 5. The summed E-state index contributed by atoms with van der Waals surface area (Å²) in [5.41, 5.74) is 31.9. The summed E-state index contributed by atoms with van der Waals surface area (Å²) in [5.74, 6) is 0.727. The summed E-state index contributed by atoms with van der Waals surface area (Å²) in [4.78, 5) is 152. The summed E-state index contributed by atoms with van der Waals surface area (Å²) in [7, 11) is 9.03. The van der Waals surface area contributed by atoms with E-state index < -0.39 is 0 Å². The van der Waals surface area contributed by atoms with E-state index >= 15 is 0 Å². The monoisotopic (exact) mass is 1980 g/mol. The van der Waals surface area contributed by atoms with Crippen LogP contribution in [0, 0.1) is 20.8 Å². The summed E-state index contributed by atoms with van der Waals surface area (Å²) in [6.07, 6.45) is 38.6. The number of amides is 5. The van der Waals surface area contributed by atoms with E-state index in [1.54, 1.807) is 99.7 Å². The van der Waals surface area contributed by atoms with Crippen molar-refractivity contribution in [3.05, 3.63) is 265 Å². The highest BCUT2D eigenvalue weighted by Gasteiger charge is 2.40. The molecule has 2 aliphatic carbocycles. The first kappa shape index (κ1) is 91.3. The largest absolute Gasteiger partial charge is 0.351 e. The third-order valence-corrected chi connectivity index (χ3v) is 27.9. The van der Waals surface area contributed by atoms with Gasteiger partial charge in [-0.3, -0.25) is 120 Å². The number of nitrogens with zero attached hydrogens (tertiary/aromatic N) is 38. The minimum absolute atomic E-state index is 0.0955. The second kappa shape index (κ2) is 37.1. The number of aromatic nitrogens is 31. The van der Waals surface area contributed by atoms with Crippen molar-refractivity contribution in [1.29, 1.82) is 0 Å². The van der Waals surface area contributed by atoms with Crippen molar-refractivity contribution in [1.82, 2.24) is 178 Å². The zero-order valence-electron chi connectivity index (χ0n) is 82.4. The highest BCUT2D eigenvalue weighted by molar-refractivity contribution is 6.18. The average molecular weight is 1980 g/mol. The van der Waals surface area contributed by atoms with Crippen molar-refractivity contribution >= 4 is 69.5 Å². The Hall–Kier alpha value is -17.9. The zero-order valence-corrected chi connectivity index (χ0v) is 82.4. The van der Waals surface area contributed by atoms with Crippen LogP contribution in [0.2, 0.25) is 0 Å². The molecule has 46 nitrogen and oxygen atoms in total. The smallest absolute Gasteiger partial charge is 0.274 e. The van der Waals surface area contributed by atoms with E-state index in [9.17, 15) is 24.0 Å². The van der Waals surface area contributed by atoms with Gasteiger partial charge in [0.25, 0.3) is 23.6 Å². The number of nitrogens with one attached hydrogen (secondary N) is 3. The van der Waals surface area contributed by atoms with Crippen molar-refractivity contribution in [2.75, 3.05) is 40.3 Å². The fraction of sp³-hybridized carbons (Fsp3) is 0.343. The Morgan fingerprint density at radius 2 is 0.709 bits per heavy atom. The van der Waals surface area contributed by atoms with E-state index in [1.165, 1.54) is 12.8 Å². The van der Waals surface area contributed by atoms with Gasteiger partial charge in [0.1, 0.15) is 51.2 Å². The third-order valence-electron chi connectivity index (χ3n) is 27.9. The normalized spacial score (nSPS) is 16.7. The molecular weight excluding hydrogens is 1880 g/mol. The molecule has 17 aromatic rings. The Bertz CT molecular complexity index is 8550. The maximum atomic E-state index is 13.0. The van der Waals surface area contributed by atoms with Crippen LogP contribution in [-0.2, 0) is 97.9 Å². The van der Waals surface area contributed by atoms with Gasteiger partial charge in [0.2, 0.25) is 11.7 Å². The van der Waals surface area contributed by atoms with Crippen molar-refractivity contribution in [2.45, 2.75) is 169 Å². The number of hydrogen-bond acceptors (Lipinski definition) is 31. The number of aryl methyl sites for hydroxylation is 11. The van der Waals surface area contributed by atoms with Gasteiger partial charge >= 0.3 is 0 Å². The zero-order chi connectivity index (χ0) is 101. The Balaban J connectivity index is 0.0000000963. The van der Waals surface area contributed by atoms with E-state index in [1.807, 2.05) is 123 Å². The molecule has 5 amide bonds. The van der Waals surface area contributed by atoms with Gasteiger partial charge in [-0.1, -0.05) is 6.07 Å². The van der Waals surface area contributed by atoms with Crippen molar-refractivity contribution in [2.24, 2.45) is 46.1 Å². The van der Waals surface area contributed by atoms with Gasteiger partial charge in [-0.05, 0) is 96.8 Å². The second-order valence-corrected chi connectivity index (χ2v) is 38.6. The maximum absolute atomic E-state index is 13.0. The van der Waals surface area contributed by atoms with Crippen LogP contribution in [-0.4, -0.2) is 260 Å².